The Morgan fingerprint density at radius 1 is 1.42 bits per heavy atom. The van der Waals surface area contributed by atoms with Crippen molar-refractivity contribution in [1.82, 2.24) is 20.5 Å². The summed E-state index contributed by atoms with van der Waals surface area (Å²) in [7, 11) is 0. The van der Waals surface area contributed by atoms with Crippen molar-refractivity contribution >= 4 is 17.3 Å². The van der Waals surface area contributed by atoms with Gasteiger partial charge in [0.25, 0.3) is 0 Å². The lowest BCUT2D eigenvalue weighted by Crippen LogP contribution is -2.45. The van der Waals surface area contributed by atoms with Gasteiger partial charge in [0.15, 0.2) is 5.96 Å². The fourth-order valence-corrected chi connectivity index (χ4v) is 3.84. The molecule has 0 bridgehead atoms. The van der Waals surface area contributed by atoms with Gasteiger partial charge in [0.1, 0.15) is 5.01 Å². The van der Waals surface area contributed by atoms with Crippen LogP contribution in [0.15, 0.2) is 10.4 Å². The molecule has 136 valence electrons. The molecule has 2 N–H and O–H groups in total. The molecule has 2 heterocycles. The second-order valence-electron chi connectivity index (χ2n) is 6.82. The molecule has 1 saturated heterocycles. The fraction of sp³-hybridized carbons (Fsp3) is 0.778. The van der Waals surface area contributed by atoms with Crippen molar-refractivity contribution in [2.45, 2.75) is 65.5 Å². The Kier molecular flexibility index (Phi) is 7.99. The molecule has 1 atom stereocenters. The summed E-state index contributed by atoms with van der Waals surface area (Å²) in [6.45, 7) is 13.6. The lowest BCUT2D eigenvalue weighted by molar-refractivity contribution is 0.163. The molecular formula is C18H33N5S. The number of thiazole rings is 1. The lowest BCUT2D eigenvalue weighted by Gasteiger charge is -2.33. The second kappa shape index (κ2) is 9.99. The number of nitrogens with one attached hydrogen (secondary N) is 2. The van der Waals surface area contributed by atoms with Gasteiger partial charge in [-0.3, -0.25) is 4.90 Å². The van der Waals surface area contributed by atoms with E-state index in [-0.39, 0.29) is 0 Å². The molecule has 5 nitrogen and oxygen atoms in total. The van der Waals surface area contributed by atoms with Gasteiger partial charge in [-0.25, -0.2) is 9.98 Å². The number of piperidine rings is 1. The molecule has 1 aliphatic rings. The molecule has 1 aliphatic heterocycles. The van der Waals surface area contributed by atoms with Crippen molar-refractivity contribution in [1.29, 1.82) is 0 Å². The topological polar surface area (TPSA) is 52.6 Å². The zero-order valence-electron chi connectivity index (χ0n) is 15.6. The van der Waals surface area contributed by atoms with Gasteiger partial charge in [-0.05, 0) is 39.2 Å². The molecule has 0 saturated carbocycles. The number of nitrogens with zero attached hydrogens (tertiary/aromatic N) is 3. The second-order valence-corrected chi connectivity index (χ2v) is 7.77. The maximum Gasteiger partial charge on any atom is 0.191 e. The van der Waals surface area contributed by atoms with Crippen LogP contribution in [-0.2, 0) is 6.54 Å². The molecule has 6 heteroatoms. The fourth-order valence-electron chi connectivity index (χ4n) is 2.96. The standard InChI is InChI=1S/C18H33N5S/c1-5-19-18(20-9-11-23-10-7-6-8-15(23)4)21-12-17-22-16(13-24-17)14(2)3/h13-15H,5-12H2,1-4H3,(H2,19,20,21). The van der Waals surface area contributed by atoms with Gasteiger partial charge in [0.05, 0.1) is 12.2 Å². The maximum absolute atomic E-state index is 4.68. The highest BCUT2D eigenvalue weighted by molar-refractivity contribution is 7.09. The minimum absolute atomic E-state index is 0.483. The predicted molar refractivity (Wildman–Crippen MR) is 104 cm³/mol. The molecule has 1 fully saturated rings. The molecule has 2 rings (SSSR count). The van der Waals surface area contributed by atoms with Crippen LogP contribution in [0.4, 0.5) is 0 Å². The van der Waals surface area contributed by atoms with Gasteiger partial charge in [-0.1, -0.05) is 20.3 Å². The van der Waals surface area contributed by atoms with Crippen LogP contribution in [0.25, 0.3) is 0 Å². The maximum atomic E-state index is 4.68. The Labute approximate surface area is 151 Å². The van der Waals surface area contributed by atoms with Crippen molar-refractivity contribution in [2.24, 2.45) is 4.99 Å². The molecule has 1 aromatic rings. The minimum Gasteiger partial charge on any atom is -0.357 e. The quantitative estimate of drug-likeness (QED) is 0.585. The van der Waals surface area contributed by atoms with E-state index in [0.717, 1.165) is 30.6 Å². The molecule has 0 amide bonds. The van der Waals surface area contributed by atoms with E-state index in [1.807, 2.05) is 0 Å². The van der Waals surface area contributed by atoms with Crippen LogP contribution < -0.4 is 10.6 Å². The van der Waals surface area contributed by atoms with Crippen molar-refractivity contribution in [3.05, 3.63) is 16.1 Å². The summed E-state index contributed by atoms with van der Waals surface area (Å²) in [5.41, 5.74) is 1.17. The number of hydrogen-bond donors (Lipinski definition) is 2. The summed E-state index contributed by atoms with van der Waals surface area (Å²) in [5.74, 6) is 1.38. The third-order valence-electron chi connectivity index (χ3n) is 4.51. The molecule has 0 spiro atoms. The predicted octanol–water partition coefficient (Wildman–Crippen LogP) is 3.20. The molecule has 1 aromatic heterocycles. The van der Waals surface area contributed by atoms with Gasteiger partial charge in [0, 0.05) is 31.1 Å². The van der Waals surface area contributed by atoms with E-state index in [2.05, 4.69) is 58.6 Å². The van der Waals surface area contributed by atoms with Crippen molar-refractivity contribution in [3.63, 3.8) is 0 Å². The normalized spacial score (nSPS) is 19.7. The first kappa shape index (κ1) is 19.2. The summed E-state index contributed by atoms with van der Waals surface area (Å²) >= 11 is 1.70. The highest BCUT2D eigenvalue weighted by Crippen LogP contribution is 2.18. The first-order valence-electron chi connectivity index (χ1n) is 9.30. The Balaban J connectivity index is 1.81. The van der Waals surface area contributed by atoms with E-state index < -0.39 is 0 Å². The summed E-state index contributed by atoms with van der Waals surface area (Å²) < 4.78 is 0. The number of guanidine groups is 1. The van der Waals surface area contributed by atoms with E-state index in [1.165, 1.54) is 31.5 Å². The third-order valence-corrected chi connectivity index (χ3v) is 5.36. The summed E-state index contributed by atoms with van der Waals surface area (Å²) in [6, 6.07) is 0.713. The van der Waals surface area contributed by atoms with E-state index in [1.54, 1.807) is 11.3 Å². The number of aromatic nitrogens is 1. The van der Waals surface area contributed by atoms with Crippen LogP contribution in [-0.4, -0.2) is 48.1 Å². The van der Waals surface area contributed by atoms with Crippen LogP contribution in [0.3, 0.4) is 0 Å². The first-order chi connectivity index (χ1) is 11.6. The van der Waals surface area contributed by atoms with E-state index in [9.17, 15) is 0 Å². The van der Waals surface area contributed by atoms with Crippen molar-refractivity contribution in [2.75, 3.05) is 26.2 Å². The lowest BCUT2D eigenvalue weighted by atomic mass is 10.0. The van der Waals surface area contributed by atoms with E-state index in [4.69, 9.17) is 0 Å². The van der Waals surface area contributed by atoms with Gasteiger partial charge < -0.3 is 10.6 Å². The molecule has 24 heavy (non-hydrogen) atoms. The monoisotopic (exact) mass is 351 g/mol. The van der Waals surface area contributed by atoms with Gasteiger partial charge in [0.2, 0.25) is 0 Å². The average molecular weight is 352 g/mol. The Bertz CT molecular complexity index is 511. The van der Waals surface area contributed by atoms with Crippen LogP contribution >= 0.6 is 11.3 Å². The summed E-state index contributed by atoms with van der Waals surface area (Å²) in [4.78, 5) is 11.9. The minimum atomic E-state index is 0.483. The van der Waals surface area contributed by atoms with Crippen molar-refractivity contribution in [3.8, 4) is 0 Å². The zero-order valence-corrected chi connectivity index (χ0v) is 16.5. The Morgan fingerprint density at radius 2 is 2.25 bits per heavy atom. The number of aliphatic imine (C=N–C) groups is 1. The SMILES string of the molecule is CCNC(=NCc1nc(C(C)C)cs1)NCCN1CCCCC1C. The van der Waals surface area contributed by atoms with Crippen LogP contribution in [0.1, 0.15) is 63.6 Å². The van der Waals surface area contributed by atoms with Crippen LogP contribution in [0, 0.1) is 0 Å². The van der Waals surface area contributed by atoms with Gasteiger partial charge in [-0.2, -0.15) is 0 Å². The molecule has 0 aromatic carbocycles. The first-order valence-corrected chi connectivity index (χ1v) is 10.2. The highest BCUT2D eigenvalue weighted by Gasteiger charge is 2.17. The number of hydrogen-bond acceptors (Lipinski definition) is 4. The Hall–Kier alpha value is -1.14. The van der Waals surface area contributed by atoms with Crippen LogP contribution in [0.5, 0.6) is 0 Å². The summed E-state index contributed by atoms with van der Waals surface area (Å²) in [6.07, 6.45) is 4.04. The number of rotatable bonds is 7. The van der Waals surface area contributed by atoms with Gasteiger partial charge in [-0.15, -0.1) is 11.3 Å². The number of likely N-dealkylation sites (tertiary alicyclic amines) is 1. The molecule has 1 unspecified atom stereocenters. The van der Waals surface area contributed by atoms with Crippen LogP contribution in [0.2, 0.25) is 0 Å². The Morgan fingerprint density at radius 3 is 2.92 bits per heavy atom. The molecule has 0 radical (unpaired) electrons. The average Bonchev–Trinajstić information content (AvgIpc) is 3.03. The molecular weight excluding hydrogens is 318 g/mol. The largest absolute Gasteiger partial charge is 0.357 e. The highest BCUT2D eigenvalue weighted by atomic mass is 32.1. The van der Waals surface area contributed by atoms with Gasteiger partial charge >= 0.3 is 0 Å². The summed E-state index contributed by atoms with van der Waals surface area (Å²) in [5, 5.41) is 10.0. The zero-order chi connectivity index (χ0) is 17.4. The van der Waals surface area contributed by atoms with E-state index in [0.29, 0.717) is 18.5 Å². The van der Waals surface area contributed by atoms with E-state index >= 15 is 0 Å². The third kappa shape index (κ3) is 6.06. The molecule has 0 aliphatic carbocycles. The smallest absolute Gasteiger partial charge is 0.191 e. The van der Waals surface area contributed by atoms with Crippen molar-refractivity contribution < 1.29 is 0 Å².